The van der Waals surface area contributed by atoms with Crippen LogP contribution in [0.2, 0.25) is 0 Å². The SMILES string of the molecule is Cc1nc(I)cc(N)c1N=O. The fourth-order valence-electron chi connectivity index (χ4n) is 0.770. The molecule has 0 aliphatic rings. The Morgan fingerprint density at radius 3 is 2.82 bits per heavy atom. The van der Waals surface area contributed by atoms with Gasteiger partial charge in [-0.15, -0.1) is 4.91 Å². The molecule has 58 valence electrons. The Morgan fingerprint density at radius 1 is 1.73 bits per heavy atom. The lowest BCUT2D eigenvalue weighted by Crippen LogP contribution is -1.92. The molecule has 0 amide bonds. The predicted molar refractivity (Wildman–Crippen MR) is 51.6 cm³/mol. The van der Waals surface area contributed by atoms with Crippen LogP contribution in [0.25, 0.3) is 0 Å². The minimum atomic E-state index is 0.241. The second-order valence-corrected chi connectivity index (χ2v) is 3.16. The second kappa shape index (κ2) is 3.12. The van der Waals surface area contributed by atoms with Crippen LogP contribution in [0.3, 0.4) is 0 Å². The molecule has 1 aromatic rings. The maximum absolute atomic E-state index is 10.2. The number of pyridine rings is 1. The smallest absolute Gasteiger partial charge is 0.152 e. The number of halogens is 1. The molecule has 1 heterocycles. The van der Waals surface area contributed by atoms with Crippen molar-refractivity contribution >= 4 is 34.0 Å². The van der Waals surface area contributed by atoms with Gasteiger partial charge in [0, 0.05) is 0 Å². The Kier molecular flexibility index (Phi) is 2.38. The van der Waals surface area contributed by atoms with Crippen molar-refractivity contribution in [2.75, 3.05) is 5.73 Å². The van der Waals surface area contributed by atoms with Crippen LogP contribution in [0.1, 0.15) is 5.69 Å². The topological polar surface area (TPSA) is 68.3 Å². The molecule has 5 heteroatoms. The molecule has 0 radical (unpaired) electrons. The maximum atomic E-state index is 10.2. The van der Waals surface area contributed by atoms with E-state index in [-0.39, 0.29) is 5.69 Å². The minimum Gasteiger partial charge on any atom is -0.397 e. The molecule has 0 fully saturated rings. The first-order valence-corrected chi connectivity index (χ1v) is 3.99. The molecule has 2 N–H and O–H groups in total. The number of nitrogen functional groups attached to an aromatic ring is 1. The fraction of sp³-hybridized carbons (Fsp3) is 0.167. The van der Waals surface area contributed by atoms with Crippen LogP contribution in [-0.4, -0.2) is 4.98 Å². The summed E-state index contributed by atoms with van der Waals surface area (Å²) in [6, 6.07) is 1.62. The third-order valence-electron chi connectivity index (χ3n) is 1.26. The quantitative estimate of drug-likeness (QED) is 0.478. The molecule has 0 aliphatic carbocycles. The maximum Gasteiger partial charge on any atom is 0.152 e. The van der Waals surface area contributed by atoms with E-state index in [0.29, 0.717) is 11.4 Å². The lowest BCUT2D eigenvalue weighted by Gasteiger charge is -2.00. The summed E-state index contributed by atoms with van der Waals surface area (Å²) in [6.45, 7) is 1.70. The molecule has 0 spiro atoms. The molecule has 0 saturated carbocycles. The highest BCUT2D eigenvalue weighted by atomic mass is 127. The molecule has 11 heavy (non-hydrogen) atoms. The van der Waals surface area contributed by atoms with E-state index in [4.69, 9.17) is 5.73 Å². The summed E-state index contributed by atoms with van der Waals surface area (Å²) in [6.07, 6.45) is 0. The summed E-state index contributed by atoms with van der Waals surface area (Å²) in [4.78, 5) is 14.2. The number of aromatic nitrogens is 1. The Labute approximate surface area is 77.3 Å². The van der Waals surface area contributed by atoms with Gasteiger partial charge in [-0.05, 0) is 40.8 Å². The van der Waals surface area contributed by atoms with Gasteiger partial charge in [0.15, 0.2) is 5.69 Å². The van der Waals surface area contributed by atoms with Crippen LogP contribution in [-0.2, 0) is 0 Å². The van der Waals surface area contributed by atoms with Crippen LogP contribution < -0.4 is 5.73 Å². The van der Waals surface area contributed by atoms with Crippen molar-refractivity contribution in [2.45, 2.75) is 6.92 Å². The van der Waals surface area contributed by atoms with E-state index in [1.54, 1.807) is 13.0 Å². The predicted octanol–water partition coefficient (Wildman–Crippen LogP) is 1.97. The number of rotatable bonds is 1. The van der Waals surface area contributed by atoms with Gasteiger partial charge in [0.25, 0.3) is 0 Å². The number of anilines is 1. The summed E-state index contributed by atoms with van der Waals surface area (Å²) in [5.74, 6) is 0. The van der Waals surface area contributed by atoms with Crippen molar-refractivity contribution in [2.24, 2.45) is 5.18 Å². The molecule has 1 aromatic heterocycles. The summed E-state index contributed by atoms with van der Waals surface area (Å²) >= 11 is 2.03. The highest BCUT2D eigenvalue weighted by Gasteiger charge is 2.05. The van der Waals surface area contributed by atoms with Gasteiger partial charge in [-0.3, -0.25) is 0 Å². The first-order chi connectivity index (χ1) is 5.15. The van der Waals surface area contributed by atoms with Crippen molar-refractivity contribution in [3.05, 3.63) is 20.4 Å². The minimum absolute atomic E-state index is 0.241. The number of nitroso groups, excluding NO2 is 1. The lowest BCUT2D eigenvalue weighted by atomic mass is 10.3. The summed E-state index contributed by atoms with van der Waals surface area (Å²) < 4.78 is 0.769. The zero-order valence-electron chi connectivity index (χ0n) is 5.84. The van der Waals surface area contributed by atoms with Gasteiger partial charge in [0.05, 0.1) is 11.4 Å². The number of nitrogens with zero attached hydrogens (tertiary/aromatic N) is 2. The zero-order valence-corrected chi connectivity index (χ0v) is 7.99. The molecule has 0 aliphatic heterocycles. The average molecular weight is 263 g/mol. The van der Waals surface area contributed by atoms with Gasteiger partial charge in [-0.1, -0.05) is 0 Å². The van der Waals surface area contributed by atoms with Crippen molar-refractivity contribution in [1.82, 2.24) is 4.98 Å². The summed E-state index contributed by atoms with van der Waals surface area (Å²) in [7, 11) is 0. The Morgan fingerprint density at radius 2 is 2.36 bits per heavy atom. The summed E-state index contributed by atoms with van der Waals surface area (Å²) in [5, 5.41) is 2.77. The normalized spacial score (nSPS) is 9.64. The molecule has 4 nitrogen and oxygen atoms in total. The van der Waals surface area contributed by atoms with Crippen LogP contribution >= 0.6 is 22.6 Å². The number of nitrogens with two attached hydrogens (primary N) is 1. The molecule has 0 bridgehead atoms. The summed E-state index contributed by atoms with van der Waals surface area (Å²) in [5.41, 5.74) is 6.69. The molecule has 1 rings (SSSR count). The third-order valence-corrected chi connectivity index (χ3v) is 1.81. The van der Waals surface area contributed by atoms with Gasteiger partial charge in [0.2, 0.25) is 0 Å². The largest absolute Gasteiger partial charge is 0.397 e. The number of hydrogen-bond acceptors (Lipinski definition) is 4. The van der Waals surface area contributed by atoms with Crippen LogP contribution in [0, 0.1) is 15.5 Å². The standard InChI is InChI=1S/C6H6IN3O/c1-3-6(10-11)4(8)2-5(7)9-3/h2H,1H3,(H2,8,9). The zero-order chi connectivity index (χ0) is 8.43. The van der Waals surface area contributed by atoms with Gasteiger partial charge in [-0.25, -0.2) is 4.98 Å². The molecule has 0 aromatic carbocycles. The van der Waals surface area contributed by atoms with Gasteiger partial charge in [0.1, 0.15) is 3.70 Å². The van der Waals surface area contributed by atoms with Crippen molar-refractivity contribution in [3.8, 4) is 0 Å². The van der Waals surface area contributed by atoms with Crippen LogP contribution in [0.15, 0.2) is 11.2 Å². The highest BCUT2D eigenvalue weighted by Crippen LogP contribution is 2.25. The molecule has 0 unspecified atom stereocenters. The molecular weight excluding hydrogens is 257 g/mol. The highest BCUT2D eigenvalue weighted by molar-refractivity contribution is 14.1. The van der Waals surface area contributed by atoms with E-state index in [2.05, 4.69) is 10.2 Å². The first-order valence-electron chi connectivity index (χ1n) is 2.91. The monoisotopic (exact) mass is 263 g/mol. The van der Waals surface area contributed by atoms with Crippen molar-refractivity contribution in [3.63, 3.8) is 0 Å². The third kappa shape index (κ3) is 1.65. The Bertz CT molecular complexity index is 277. The first kappa shape index (κ1) is 8.38. The van der Waals surface area contributed by atoms with E-state index in [9.17, 15) is 4.91 Å². The van der Waals surface area contributed by atoms with Crippen LogP contribution in [0.4, 0.5) is 11.4 Å². The van der Waals surface area contributed by atoms with E-state index in [1.165, 1.54) is 0 Å². The average Bonchev–Trinajstić information content (AvgIpc) is 1.85. The molecule has 0 atom stereocenters. The second-order valence-electron chi connectivity index (χ2n) is 2.06. The fourth-order valence-corrected chi connectivity index (χ4v) is 1.47. The molecular formula is C6H6IN3O. The van der Waals surface area contributed by atoms with Crippen molar-refractivity contribution < 1.29 is 0 Å². The Hall–Kier alpha value is -0.720. The Balaban J connectivity index is 3.36. The van der Waals surface area contributed by atoms with Gasteiger partial charge in [-0.2, -0.15) is 0 Å². The lowest BCUT2D eigenvalue weighted by molar-refractivity contribution is 1.15. The molecule has 0 saturated heterocycles. The number of aryl methyl sites for hydroxylation is 1. The van der Waals surface area contributed by atoms with E-state index < -0.39 is 0 Å². The van der Waals surface area contributed by atoms with Gasteiger partial charge < -0.3 is 5.73 Å². The number of hydrogen-bond donors (Lipinski definition) is 1. The van der Waals surface area contributed by atoms with E-state index in [1.807, 2.05) is 22.6 Å². The van der Waals surface area contributed by atoms with E-state index in [0.717, 1.165) is 3.70 Å². The van der Waals surface area contributed by atoms with Crippen molar-refractivity contribution in [1.29, 1.82) is 0 Å². The van der Waals surface area contributed by atoms with Crippen LogP contribution in [0.5, 0.6) is 0 Å². The van der Waals surface area contributed by atoms with E-state index >= 15 is 0 Å². The van der Waals surface area contributed by atoms with Gasteiger partial charge >= 0.3 is 0 Å².